The molecule has 1 rings (SSSR count). The maximum atomic E-state index is 11.9. The fourth-order valence-corrected chi connectivity index (χ4v) is 2.94. The molecule has 0 saturated heterocycles. The van der Waals surface area contributed by atoms with Gasteiger partial charge in [0.15, 0.2) is 0 Å². The number of nitrogens with one attached hydrogen (secondary N) is 1. The number of aliphatic hydroxyl groups excluding tert-OH is 1. The molecular formula is C12H19NO3S2. The molecule has 0 aromatic heterocycles. The number of sulfonamides is 1. The van der Waals surface area contributed by atoms with Crippen molar-refractivity contribution < 1.29 is 13.5 Å². The molecule has 0 saturated carbocycles. The van der Waals surface area contributed by atoms with Gasteiger partial charge >= 0.3 is 0 Å². The topological polar surface area (TPSA) is 66.4 Å². The highest BCUT2D eigenvalue weighted by Gasteiger charge is 2.13. The van der Waals surface area contributed by atoms with Crippen molar-refractivity contribution in [1.29, 1.82) is 0 Å². The summed E-state index contributed by atoms with van der Waals surface area (Å²) < 4.78 is 26.3. The number of rotatable bonds is 7. The SMILES string of the molecule is CSCCCNS(=O)(=O)c1ccc(C(C)O)cc1. The van der Waals surface area contributed by atoms with Gasteiger partial charge in [-0.05, 0) is 43.0 Å². The summed E-state index contributed by atoms with van der Waals surface area (Å²) >= 11 is 1.69. The fraction of sp³-hybridized carbons (Fsp3) is 0.500. The number of benzene rings is 1. The second-order valence-electron chi connectivity index (χ2n) is 3.99. The third-order valence-corrected chi connectivity index (χ3v) is 4.66. The Morgan fingerprint density at radius 3 is 2.44 bits per heavy atom. The summed E-state index contributed by atoms with van der Waals surface area (Å²) in [5, 5.41) is 9.35. The third kappa shape index (κ3) is 4.61. The summed E-state index contributed by atoms with van der Waals surface area (Å²) in [7, 11) is -3.42. The molecule has 0 amide bonds. The molecule has 0 aliphatic rings. The highest BCUT2D eigenvalue weighted by molar-refractivity contribution is 7.98. The van der Waals surface area contributed by atoms with Crippen LogP contribution >= 0.6 is 11.8 Å². The van der Waals surface area contributed by atoms with Gasteiger partial charge < -0.3 is 5.11 Å². The van der Waals surface area contributed by atoms with Crippen LogP contribution < -0.4 is 4.72 Å². The Morgan fingerprint density at radius 1 is 1.33 bits per heavy atom. The van der Waals surface area contributed by atoms with Gasteiger partial charge in [0.25, 0.3) is 0 Å². The Balaban J connectivity index is 2.67. The molecule has 1 unspecified atom stereocenters. The van der Waals surface area contributed by atoms with Gasteiger partial charge in [-0.25, -0.2) is 13.1 Å². The van der Waals surface area contributed by atoms with Crippen molar-refractivity contribution in [3.8, 4) is 0 Å². The Kier molecular flexibility index (Phi) is 6.14. The predicted molar refractivity (Wildman–Crippen MR) is 75.3 cm³/mol. The van der Waals surface area contributed by atoms with E-state index < -0.39 is 16.1 Å². The van der Waals surface area contributed by atoms with Crippen LogP contribution in [0.25, 0.3) is 0 Å². The van der Waals surface area contributed by atoms with Crippen molar-refractivity contribution in [3.63, 3.8) is 0 Å². The number of hydrogen-bond acceptors (Lipinski definition) is 4. The molecular weight excluding hydrogens is 270 g/mol. The molecule has 0 aliphatic heterocycles. The second-order valence-corrected chi connectivity index (χ2v) is 6.74. The molecule has 1 aromatic rings. The quantitative estimate of drug-likeness (QED) is 0.751. The maximum absolute atomic E-state index is 11.9. The summed E-state index contributed by atoms with van der Waals surface area (Å²) in [5.41, 5.74) is 0.705. The van der Waals surface area contributed by atoms with Crippen LogP contribution in [-0.4, -0.2) is 32.1 Å². The molecule has 0 heterocycles. The first kappa shape index (κ1) is 15.5. The largest absolute Gasteiger partial charge is 0.389 e. The van der Waals surface area contributed by atoms with Crippen LogP contribution in [0.3, 0.4) is 0 Å². The average Bonchev–Trinajstić information content (AvgIpc) is 2.35. The number of hydrogen-bond donors (Lipinski definition) is 2. The van der Waals surface area contributed by atoms with Crippen molar-refractivity contribution in [2.24, 2.45) is 0 Å². The van der Waals surface area contributed by atoms with Crippen molar-refractivity contribution in [2.45, 2.75) is 24.3 Å². The standard InChI is InChI=1S/C12H19NO3S2/c1-10(14)11-4-6-12(7-5-11)18(15,16)13-8-3-9-17-2/h4-7,10,13-14H,3,8-9H2,1-2H3. The molecule has 0 spiro atoms. The number of aliphatic hydroxyl groups is 1. The monoisotopic (exact) mass is 289 g/mol. The maximum Gasteiger partial charge on any atom is 0.240 e. The second kappa shape index (κ2) is 7.13. The minimum Gasteiger partial charge on any atom is -0.389 e. The lowest BCUT2D eigenvalue weighted by molar-refractivity contribution is 0.199. The van der Waals surface area contributed by atoms with Crippen molar-refractivity contribution in [2.75, 3.05) is 18.6 Å². The van der Waals surface area contributed by atoms with Crippen LogP contribution in [0.1, 0.15) is 25.0 Å². The lowest BCUT2D eigenvalue weighted by Gasteiger charge is -2.08. The van der Waals surface area contributed by atoms with E-state index in [4.69, 9.17) is 0 Å². The van der Waals surface area contributed by atoms with E-state index in [0.717, 1.165) is 12.2 Å². The zero-order chi connectivity index (χ0) is 13.6. The summed E-state index contributed by atoms with van der Waals surface area (Å²) in [6.45, 7) is 2.09. The zero-order valence-corrected chi connectivity index (χ0v) is 12.2. The van der Waals surface area contributed by atoms with Crippen molar-refractivity contribution in [1.82, 2.24) is 4.72 Å². The molecule has 1 atom stereocenters. The lowest BCUT2D eigenvalue weighted by atomic mass is 10.1. The van der Waals surface area contributed by atoms with E-state index in [-0.39, 0.29) is 4.90 Å². The summed E-state index contributed by atoms with van der Waals surface area (Å²) in [6, 6.07) is 6.28. The predicted octanol–water partition coefficient (Wildman–Crippen LogP) is 1.77. The summed E-state index contributed by atoms with van der Waals surface area (Å²) in [5.74, 6) is 0.934. The van der Waals surface area contributed by atoms with Gasteiger partial charge in [0.1, 0.15) is 0 Å². The Morgan fingerprint density at radius 2 is 1.94 bits per heavy atom. The first-order chi connectivity index (χ1) is 8.47. The molecule has 0 fully saturated rings. The van der Waals surface area contributed by atoms with E-state index in [1.54, 1.807) is 30.8 Å². The van der Waals surface area contributed by atoms with Crippen LogP contribution in [0.4, 0.5) is 0 Å². The van der Waals surface area contributed by atoms with E-state index in [1.165, 1.54) is 12.1 Å². The van der Waals surface area contributed by atoms with Crippen LogP contribution in [-0.2, 0) is 10.0 Å². The Hall–Kier alpha value is -0.560. The first-order valence-corrected chi connectivity index (χ1v) is 8.61. The fourth-order valence-electron chi connectivity index (χ4n) is 1.43. The minimum absolute atomic E-state index is 0.232. The van der Waals surface area contributed by atoms with E-state index in [0.29, 0.717) is 12.1 Å². The number of thioether (sulfide) groups is 1. The smallest absolute Gasteiger partial charge is 0.240 e. The zero-order valence-electron chi connectivity index (χ0n) is 10.6. The molecule has 0 bridgehead atoms. The van der Waals surface area contributed by atoms with E-state index in [1.807, 2.05) is 6.26 Å². The average molecular weight is 289 g/mol. The normalized spacial score (nSPS) is 13.5. The molecule has 4 nitrogen and oxygen atoms in total. The molecule has 6 heteroatoms. The van der Waals surface area contributed by atoms with Gasteiger partial charge in [-0.2, -0.15) is 11.8 Å². The minimum atomic E-state index is -3.42. The molecule has 0 aliphatic carbocycles. The van der Waals surface area contributed by atoms with E-state index in [2.05, 4.69) is 4.72 Å². The Bertz CT molecular complexity index is 455. The van der Waals surface area contributed by atoms with Crippen molar-refractivity contribution in [3.05, 3.63) is 29.8 Å². The lowest BCUT2D eigenvalue weighted by Crippen LogP contribution is -2.25. The van der Waals surface area contributed by atoms with E-state index in [9.17, 15) is 13.5 Å². The van der Waals surface area contributed by atoms with Gasteiger partial charge in [-0.15, -0.1) is 0 Å². The molecule has 1 aromatic carbocycles. The molecule has 102 valence electrons. The van der Waals surface area contributed by atoms with Gasteiger partial charge in [-0.1, -0.05) is 12.1 Å². The summed E-state index contributed by atoms with van der Waals surface area (Å²) in [6.07, 6.45) is 2.21. The molecule has 18 heavy (non-hydrogen) atoms. The highest BCUT2D eigenvalue weighted by atomic mass is 32.2. The molecule has 0 radical (unpaired) electrons. The van der Waals surface area contributed by atoms with E-state index >= 15 is 0 Å². The summed E-state index contributed by atoms with van der Waals surface area (Å²) in [4.78, 5) is 0.232. The van der Waals surface area contributed by atoms with Gasteiger partial charge in [0.2, 0.25) is 10.0 Å². The Labute approximate surface area is 113 Å². The van der Waals surface area contributed by atoms with Gasteiger partial charge in [-0.3, -0.25) is 0 Å². The van der Waals surface area contributed by atoms with Crippen LogP contribution in [0, 0.1) is 0 Å². The van der Waals surface area contributed by atoms with Crippen molar-refractivity contribution >= 4 is 21.8 Å². The molecule has 2 N–H and O–H groups in total. The van der Waals surface area contributed by atoms with Crippen LogP contribution in [0.15, 0.2) is 29.2 Å². The van der Waals surface area contributed by atoms with Gasteiger partial charge in [0.05, 0.1) is 11.0 Å². The van der Waals surface area contributed by atoms with Crippen LogP contribution in [0.5, 0.6) is 0 Å². The highest BCUT2D eigenvalue weighted by Crippen LogP contribution is 2.15. The van der Waals surface area contributed by atoms with Crippen LogP contribution in [0.2, 0.25) is 0 Å². The first-order valence-electron chi connectivity index (χ1n) is 5.74. The van der Waals surface area contributed by atoms with Gasteiger partial charge in [0, 0.05) is 6.54 Å². The third-order valence-electron chi connectivity index (χ3n) is 2.49.